The summed E-state index contributed by atoms with van der Waals surface area (Å²) < 4.78 is 43.2. The standard InChI is InChI=1S/C24H29NO6S/c1-17-11-13-25(14-12-17)32(27,28)20-8-5-18(6-9-20)21(26)10-7-19-15-23(30-3)24(31-4)16-22(19)29-2/h5-10,15-17H,11-14H2,1-4H3/b10-7+. The van der Waals surface area contributed by atoms with Crippen LogP contribution in [0, 0.1) is 5.92 Å². The van der Waals surface area contributed by atoms with Gasteiger partial charge in [-0.1, -0.05) is 6.92 Å². The predicted octanol–water partition coefficient (Wildman–Crippen LogP) is 4.03. The van der Waals surface area contributed by atoms with E-state index in [-0.39, 0.29) is 10.7 Å². The summed E-state index contributed by atoms with van der Waals surface area (Å²) in [6.45, 7) is 3.19. The summed E-state index contributed by atoms with van der Waals surface area (Å²) in [6, 6.07) is 9.47. The molecule has 0 N–H and O–H groups in total. The largest absolute Gasteiger partial charge is 0.496 e. The summed E-state index contributed by atoms with van der Waals surface area (Å²) in [6.07, 6.45) is 4.77. The number of hydrogen-bond acceptors (Lipinski definition) is 6. The first kappa shape index (κ1) is 23.8. The fourth-order valence-corrected chi connectivity index (χ4v) is 5.08. The van der Waals surface area contributed by atoms with Crippen molar-refractivity contribution in [3.8, 4) is 17.2 Å². The maximum Gasteiger partial charge on any atom is 0.243 e. The lowest BCUT2D eigenvalue weighted by atomic mass is 10.0. The van der Waals surface area contributed by atoms with Crippen LogP contribution in [-0.2, 0) is 10.0 Å². The molecular weight excluding hydrogens is 430 g/mol. The molecule has 8 heteroatoms. The van der Waals surface area contributed by atoms with Crippen LogP contribution in [0.15, 0.2) is 47.4 Å². The van der Waals surface area contributed by atoms with E-state index >= 15 is 0 Å². The monoisotopic (exact) mass is 459 g/mol. The van der Waals surface area contributed by atoms with Gasteiger partial charge in [0.1, 0.15) is 5.75 Å². The van der Waals surface area contributed by atoms with Crippen molar-refractivity contribution in [3.05, 3.63) is 53.6 Å². The molecule has 1 fully saturated rings. The molecule has 1 aliphatic heterocycles. The van der Waals surface area contributed by atoms with Crippen LogP contribution in [0.4, 0.5) is 0 Å². The lowest BCUT2D eigenvalue weighted by Gasteiger charge is -2.29. The topological polar surface area (TPSA) is 82.1 Å². The smallest absolute Gasteiger partial charge is 0.243 e. The highest BCUT2D eigenvalue weighted by molar-refractivity contribution is 7.89. The van der Waals surface area contributed by atoms with E-state index in [4.69, 9.17) is 14.2 Å². The van der Waals surface area contributed by atoms with Gasteiger partial charge in [0.05, 0.1) is 26.2 Å². The fraction of sp³-hybridized carbons (Fsp3) is 0.375. The van der Waals surface area contributed by atoms with Crippen molar-refractivity contribution >= 4 is 21.9 Å². The first-order chi connectivity index (χ1) is 15.3. The first-order valence-corrected chi connectivity index (χ1v) is 11.9. The van der Waals surface area contributed by atoms with Crippen molar-refractivity contribution in [1.29, 1.82) is 0 Å². The Hall–Kier alpha value is -2.84. The van der Waals surface area contributed by atoms with Crippen LogP contribution in [0.1, 0.15) is 35.7 Å². The molecule has 0 unspecified atom stereocenters. The zero-order valence-electron chi connectivity index (χ0n) is 18.8. The molecule has 2 aromatic rings. The normalized spacial score (nSPS) is 15.6. The minimum Gasteiger partial charge on any atom is -0.496 e. The summed E-state index contributed by atoms with van der Waals surface area (Å²) in [5.41, 5.74) is 1.05. The molecule has 0 bridgehead atoms. The van der Waals surface area contributed by atoms with Crippen LogP contribution in [0.3, 0.4) is 0 Å². The summed E-state index contributed by atoms with van der Waals surface area (Å²) >= 11 is 0. The van der Waals surface area contributed by atoms with Gasteiger partial charge in [-0.25, -0.2) is 8.42 Å². The first-order valence-electron chi connectivity index (χ1n) is 10.4. The number of methoxy groups -OCH3 is 3. The molecule has 0 amide bonds. The Morgan fingerprint density at radius 1 is 0.938 bits per heavy atom. The molecule has 2 aromatic carbocycles. The molecule has 0 radical (unpaired) electrons. The number of rotatable bonds is 8. The van der Waals surface area contributed by atoms with Crippen molar-refractivity contribution in [2.75, 3.05) is 34.4 Å². The maximum absolute atomic E-state index is 12.9. The van der Waals surface area contributed by atoms with Crippen LogP contribution >= 0.6 is 0 Å². The van der Waals surface area contributed by atoms with E-state index < -0.39 is 10.0 Å². The van der Waals surface area contributed by atoms with Crippen LogP contribution in [0.2, 0.25) is 0 Å². The molecule has 0 aliphatic carbocycles. The Labute approximate surface area is 189 Å². The van der Waals surface area contributed by atoms with Gasteiger partial charge in [0.25, 0.3) is 0 Å². The van der Waals surface area contributed by atoms with Gasteiger partial charge >= 0.3 is 0 Å². The Morgan fingerprint density at radius 2 is 1.50 bits per heavy atom. The molecule has 0 atom stereocenters. The van der Waals surface area contributed by atoms with Crippen molar-refractivity contribution in [2.24, 2.45) is 5.92 Å². The van der Waals surface area contributed by atoms with Crippen LogP contribution in [-0.4, -0.2) is 52.9 Å². The zero-order valence-corrected chi connectivity index (χ0v) is 19.6. The summed E-state index contributed by atoms with van der Waals surface area (Å²) in [7, 11) is 1.05. The van der Waals surface area contributed by atoms with E-state index in [2.05, 4.69) is 6.92 Å². The van der Waals surface area contributed by atoms with Gasteiger partial charge in [0.2, 0.25) is 10.0 Å². The molecule has 3 rings (SSSR count). The Morgan fingerprint density at radius 3 is 2.06 bits per heavy atom. The third-order valence-corrected chi connectivity index (χ3v) is 7.58. The molecule has 0 aromatic heterocycles. The van der Waals surface area contributed by atoms with Gasteiger partial charge in [-0.05, 0) is 61.2 Å². The zero-order chi connectivity index (χ0) is 23.3. The van der Waals surface area contributed by atoms with Gasteiger partial charge in [0, 0.05) is 30.3 Å². The number of carbonyl (C=O) groups excluding carboxylic acids is 1. The van der Waals surface area contributed by atoms with Gasteiger partial charge in [0.15, 0.2) is 17.3 Å². The number of ketones is 1. The molecule has 0 spiro atoms. The van der Waals surface area contributed by atoms with Crippen LogP contribution in [0.5, 0.6) is 17.2 Å². The Balaban J connectivity index is 1.77. The molecule has 0 saturated carbocycles. The van der Waals surface area contributed by atoms with Crippen LogP contribution < -0.4 is 14.2 Å². The van der Waals surface area contributed by atoms with E-state index in [1.54, 1.807) is 18.2 Å². The van der Waals surface area contributed by atoms with Crippen molar-refractivity contribution in [3.63, 3.8) is 0 Å². The Bertz CT molecular complexity index is 1080. The lowest BCUT2D eigenvalue weighted by molar-refractivity contribution is 0.104. The van der Waals surface area contributed by atoms with E-state index in [0.717, 1.165) is 12.8 Å². The van der Waals surface area contributed by atoms with Gasteiger partial charge in [-0.15, -0.1) is 0 Å². The summed E-state index contributed by atoms with van der Waals surface area (Å²) in [5, 5.41) is 0. The number of ether oxygens (including phenoxy) is 3. The second-order valence-corrected chi connectivity index (χ2v) is 9.70. The number of allylic oxidation sites excluding steroid dienone is 1. The van der Waals surface area contributed by atoms with Crippen LogP contribution in [0.25, 0.3) is 6.08 Å². The molecule has 7 nitrogen and oxygen atoms in total. The van der Waals surface area contributed by atoms with Crippen molar-refractivity contribution in [1.82, 2.24) is 4.31 Å². The highest BCUT2D eigenvalue weighted by Crippen LogP contribution is 2.35. The van der Waals surface area contributed by atoms with E-state index in [0.29, 0.717) is 47.4 Å². The van der Waals surface area contributed by atoms with Gasteiger partial charge in [-0.3, -0.25) is 4.79 Å². The number of benzene rings is 2. The molecule has 1 heterocycles. The molecule has 172 valence electrons. The second kappa shape index (κ2) is 10.2. The minimum atomic E-state index is -3.54. The number of carbonyl (C=O) groups is 1. The molecule has 1 saturated heterocycles. The number of piperidine rings is 1. The third kappa shape index (κ3) is 5.14. The second-order valence-electron chi connectivity index (χ2n) is 7.76. The quantitative estimate of drug-likeness (QED) is 0.438. The lowest BCUT2D eigenvalue weighted by Crippen LogP contribution is -2.37. The highest BCUT2D eigenvalue weighted by Gasteiger charge is 2.28. The van der Waals surface area contributed by atoms with E-state index in [1.165, 1.54) is 56.0 Å². The third-order valence-electron chi connectivity index (χ3n) is 5.67. The molecular formula is C24H29NO6S. The molecule has 1 aliphatic rings. The summed E-state index contributed by atoms with van der Waals surface area (Å²) in [5.74, 6) is 1.86. The van der Waals surface area contributed by atoms with Crippen molar-refractivity contribution in [2.45, 2.75) is 24.7 Å². The van der Waals surface area contributed by atoms with E-state index in [9.17, 15) is 13.2 Å². The van der Waals surface area contributed by atoms with E-state index in [1.807, 2.05) is 0 Å². The molecule has 32 heavy (non-hydrogen) atoms. The minimum absolute atomic E-state index is 0.203. The predicted molar refractivity (Wildman–Crippen MR) is 123 cm³/mol. The van der Waals surface area contributed by atoms with Gasteiger partial charge < -0.3 is 14.2 Å². The van der Waals surface area contributed by atoms with Crippen molar-refractivity contribution < 1.29 is 27.4 Å². The summed E-state index contributed by atoms with van der Waals surface area (Å²) in [4.78, 5) is 12.9. The SMILES string of the molecule is COc1cc(OC)c(OC)cc1/C=C/C(=O)c1ccc(S(=O)(=O)N2CCC(C)CC2)cc1. The average molecular weight is 460 g/mol. The number of sulfonamides is 1. The number of nitrogens with zero attached hydrogens (tertiary/aromatic N) is 1. The average Bonchev–Trinajstić information content (AvgIpc) is 2.82. The number of hydrogen-bond donors (Lipinski definition) is 0. The Kier molecular flexibility index (Phi) is 7.58. The van der Waals surface area contributed by atoms with Gasteiger partial charge in [-0.2, -0.15) is 4.31 Å². The fourth-order valence-electron chi connectivity index (χ4n) is 3.61. The highest BCUT2D eigenvalue weighted by atomic mass is 32.2. The maximum atomic E-state index is 12.9.